The van der Waals surface area contributed by atoms with Crippen LogP contribution in [0.1, 0.15) is 6.42 Å². The van der Waals surface area contributed by atoms with Crippen LogP contribution >= 0.6 is 0 Å². The number of carbonyl (C=O) groups excluding carboxylic acids is 3. The second kappa shape index (κ2) is 10.7. The van der Waals surface area contributed by atoms with Gasteiger partial charge in [-0.05, 0) is 72.8 Å². The van der Waals surface area contributed by atoms with E-state index in [9.17, 15) is 18.8 Å². The molecule has 5 rings (SSSR count). The van der Waals surface area contributed by atoms with E-state index in [0.29, 0.717) is 28.5 Å². The van der Waals surface area contributed by atoms with Crippen LogP contribution in [0, 0.1) is 5.82 Å². The Balaban J connectivity index is 1.25. The van der Waals surface area contributed by atoms with Gasteiger partial charge in [0.2, 0.25) is 5.82 Å². The van der Waals surface area contributed by atoms with Crippen molar-refractivity contribution in [3.8, 4) is 40.1 Å². The van der Waals surface area contributed by atoms with Crippen LogP contribution in [-0.2, 0) is 14.3 Å². The quantitative estimate of drug-likeness (QED) is 0.307. The van der Waals surface area contributed by atoms with Crippen LogP contribution in [0.2, 0.25) is 0 Å². The maximum absolute atomic E-state index is 13.1. The number of hydrogen-bond acceptors (Lipinski definition) is 9. The molecule has 4 amide bonds. The van der Waals surface area contributed by atoms with Gasteiger partial charge in [-0.15, -0.1) is 0 Å². The lowest BCUT2D eigenvalue weighted by atomic mass is 9.95. The summed E-state index contributed by atoms with van der Waals surface area (Å²) in [5.74, 6) is -0.275. The first kappa shape index (κ1) is 25.5. The fourth-order valence-electron chi connectivity index (χ4n) is 3.79. The number of nitrogens with zero attached hydrogens (tertiary/aromatic N) is 2. The SMILES string of the molecule is COCCC1(Oc2ccc(Oc3ccc(-c4noc(-c5ccc(F)cc5)n4)cc3)cc2)C(=O)NC(=O)NC1=O. The van der Waals surface area contributed by atoms with Crippen LogP contribution in [0.25, 0.3) is 22.8 Å². The minimum absolute atomic E-state index is 0.0453. The molecule has 1 saturated heterocycles. The van der Waals surface area contributed by atoms with Crippen molar-refractivity contribution in [3.05, 3.63) is 78.6 Å². The molecule has 0 unspecified atom stereocenters. The molecule has 1 fully saturated rings. The Labute approximate surface area is 220 Å². The number of benzene rings is 3. The number of nitrogens with one attached hydrogen (secondary N) is 2. The number of hydrogen-bond donors (Lipinski definition) is 2. The van der Waals surface area contributed by atoms with Crippen LogP contribution < -0.4 is 20.1 Å². The summed E-state index contributed by atoms with van der Waals surface area (Å²) < 4.78 is 35.1. The van der Waals surface area contributed by atoms with Gasteiger partial charge in [0.15, 0.2) is 0 Å². The Morgan fingerprint density at radius 3 is 2.00 bits per heavy atom. The molecule has 2 heterocycles. The van der Waals surface area contributed by atoms with Gasteiger partial charge in [-0.1, -0.05) is 5.16 Å². The average molecular weight is 532 g/mol. The molecule has 1 aliphatic heterocycles. The zero-order valence-electron chi connectivity index (χ0n) is 20.5. The number of methoxy groups -OCH3 is 1. The van der Waals surface area contributed by atoms with Gasteiger partial charge in [0.25, 0.3) is 23.3 Å². The molecule has 1 aromatic heterocycles. The predicted octanol–water partition coefficient (Wildman–Crippen LogP) is 3.86. The molecule has 2 N–H and O–H groups in total. The molecule has 11 nitrogen and oxygen atoms in total. The topological polar surface area (TPSA) is 142 Å². The first-order valence-electron chi connectivity index (χ1n) is 11.7. The van der Waals surface area contributed by atoms with Gasteiger partial charge in [0, 0.05) is 24.7 Å². The van der Waals surface area contributed by atoms with Crippen molar-refractivity contribution in [1.82, 2.24) is 20.8 Å². The summed E-state index contributed by atoms with van der Waals surface area (Å²) in [6.45, 7) is 0.0453. The van der Waals surface area contributed by atoms with E-state index < -0.39 is 23.4 Å². The Hall–Kier alpha value is -5.10. The summed E-state index contributed by atoms with van der Waals surface area (Å²) in [5.41, 5.74) is -0.675. The fraction of sp³-hybridized carbons (Fsp3) is 0.148. The maximum atomic E-state index is 13.1. The normalized spacial score (nSPS) is 14.5. The molecule has 0 bridgehead atoms. The van der Waals surface area contributed by atoms with Gasteiger partial charge >= 0.3 is 6.03 Å². The Bertz CT molecular complexity index is 1480. The standard InChI is InChI=1S/C27H21FN4O7/c1-36-15-14-27(24(33)30-26(35)31-25(27)34)38-21-12-10-20(11-13-21)37-19-8-4-16(5-9-19)22-29-23(39-32-22)17-2-6-18(28)7-3-17/h2-13H,14-15H2,1H3,(H2,30,31,33,34,35). The molecule has 0 radical (unpaired) electrons. The van der Waals surface area contributed by atoms with Crippen molar-refractivity contribution in [2.75, 3.05) is 13.7 Å². The molecular weight excluding hydrogens is 511 g/mol. The summed E-state index contributed by atoms with van der Waals surface area (Å²) in [4.78, 5) is 40.9. The molecule has 0 atom stereocenters. The third-order valence-corrected chi connectivity index (χ3v) is 5.83. The van der Waals surface area contributed by atoms with Crippen LogP contribution in [0.4, 0.5) is 9.18 Å². The number of aromatic nitrogens is 2. The monoisotopic (exact) mass is 532 g/mol. The number of urea groups is 1. The van der Waals surface area contributed by atoms with Crippen molar-refractivity contribution >= 4 is 17.8 Å². The molecule has 198 valence electrons. The van der Waals surface area contributed by atoms with Crippen molar-refractivity contribution in [2.24, 2.45) is 0 Å². The highest BCUT2D eigenvalue weighted by Crippen LogP contribution is 2.30. The highest BCUT2D eigenvalue weighted by atomic mass is 19.1. The zero-order valence-corrected chi connectivity index (χ0v) is 20.5. The number of rotatable bonds is 9. The summed E-state index contributed by atoms with van der Waals surface area (Å²) in [6, 6.07) is 18.1. The molecular formula is C27H21FN4O7. The van der Waals surface area contributed by atoms with E-state index in [1.165, 1.54) is 31.4 Å². The van der Waals surface area contributed by atoms with E-state index in [-0.39, 0.29) is 30.5 Å². The number of halogens is 1. The van der Waals surface area contributed by atoms with E-state index in [2.05, 4.69) is 20.8 Å². The Morgan fingerprint density at radius 2 is 1.38 bits per heavy atom. The molecule has 1 aliphatic rings. The van der Waals surface area contributed by atoms with Gasteiger partial charge in [0.1, 0.15) is 23.1 Å². The number of ether oxygens (including phenoxy) is 3. The molecule has 0 saturated carbocycles. The van der Waals surface area contributed by atoms with Gasteiger partial charge in [-0.2, -0.15) is 4.98 Å². The largest absolute Gasteiger partial charge is 0.467 e. The highest BCUT2D eigenvalue weighted by Gasteiger charge is 2.52. The van der Waals surface area contributed by atoms with Gasteiger partial charge in [-0.25, -0.2) is 9.18 Å². The number of imide groups is 2. The molecule has 4 aromatic rings. The summed E-state index contributed by atoms with van der Waals surface area (Å²) in [6.07, 6.45) is -0.106. The third-order valence-electron chi connectivity index (χ3n) is 5.83. The van der Waals surface area contributed by atoms with Crippen LogP contribution in [0.5, 0.6) is 17.2 Å². The second-order valence-electron chi connectivity index (χ2n) is 8.44. The smallest absolute Gasteiger partial charge is 0.328 e. The zero-order chi connectivity index (χ0) is 27.4. The molecule has 12 heteroatoms. The average Bonchev–Trinajstić information content (AvgIpc) is 3.42. The van der Waals surface area contributed by atoms with E-state index in [1.54, 1.807) is 48.5 Å². The summed E-state index contributed by atoms with van der Waals surface area (Å²) in [5, 5.41) is 8.09. The first-order valence-corrected chi connectivity index (χ1v) is 11.7. The van der Waals surface area contributed by atoms with Gasteiger partial charge < -0.3 is 18.7 Å². The summed E-state index contributed by atoms with van der Waals surface area (Å²) in [7, 11) is 1.42. The van der Waals surface area contributed by atoms with E-state index in [0.717, 1.165) is 0 Å². The molecule has 0 spiro atoms. The van der Waals surface area contributed by atoms with E-state index in [1.807, 2.05) is 0 Å². The van der Waals surface area contributed by atoms with Crippen molar-refractivity contribution in [2.45, 2.75) is 12.0 Å². The second-order valence-corrected chi connectivity index (χ2v) is 8.44. The fourth-order valence-corrected chi connectivity index (χ4v) is 3.79. The number of carbonyl (C=O) groups is 3. The Morgan fingerprint density at radius 1 is 0.821 bits per heavy atom. The Kier molecular flexibility index (Phi) is 7.02. The van der Waals surface area contributed by atoms with Crippen molar-refractivity contribution in [1.29, 1.82) is 0 Å². The lowest BCUT2D eigenvalue weighted by Gasteiger charge is -2.34. The third kappa shape index (κ3) is 5.45. The molecule has 0 aliphatic carbocycles. The lowest BCUT2D eigenvalue weighted by molar-refractivity contribution is -0.153. The van der Waals surface area contributed by atoms with Crippen molar-refractivity contribution in [3.63, 3.8) is 0 Å². The van der Waals surface area contributed by atoms with Crippen LogP contribution in [-0.4, -0.2) is 47.3 Å². The predicted molar refractivity (Wildman–Crippen MR) is 133 cm³/mol. The van der Waals surface area contributed by atoms with Crippen LogP contribution in [0.3, 0.4) is 0 Å². The van der Waals surface area contributed by atoms with E-state index in [4.69, 9.17) is 18.7 Å². The molecule has 39 heavy (non-hydrogen) atoms. The minimum Gasteiger partial charge on any atom is -0.467 e. The number of amides is 4. The highest BCUT2D eigenvalue weighted by molar-refractivity contribution is 6.21. The number of barbiturate groups is 1. The minimum atomic E-state index is -1.96. The lowest BCUT2D eigenvalue weighted by Crippen LogP contribution is -2.69. The summed E-state index contributed by atoms with van der Waals surface area (Å²) >= 11 is 0. The molecule has 3 aromatic carbocycles. The van der Waals surface area contributed by atoms with Gasteiger partial charge in [-0.3, -0.25) is 20.2 Å². The van der Waals surface area contributed by atoms with E-state index >= 15 is 0 Å². The van der Waals surface area contributed by atoms with Crippen LogP contribution in [0.15, 0.2) is 77.3 Å². The maximum Gasteiger partial charge on any atom is 0.328 e. The first-order chi connectivity index (χ1) is 18.9. The van der Waals surface area contributed by atoms with Crippen molar-refractivity contribution < 1.29 is 37.5 Å². The van der Waals surface area contributed by atoms with Gasteiger partial charge in [0.05, 0.1) is 6.61 Å².